The third-order valence-electron chi connectivity index (χ3n) is 5.95. The van der Waals surface area contributed by atoms with Gasteiger partial charge < -0.3 is 9.80 Å². The van der Waals surface area contributed by atoms with E-state index in [1.54, 1.807) is 17.2 Å². The van der Waals surface area contributed by atoms with Crippen molar-refractivity contribution in [1.82, 2.24) is 14.7 Å². The molecule has 1 aromatic carbocycles. The normalized spacial score (nSPS) is 21.6. The van der Waals surface area contributed by atoms with Crippen LogP contribution in [0.5, 0.6) is 0 Å². The minimum absolute atomic E-state index is 0.0142. The number of aromatic nitrogens is 2. The van der Waals surface area contributed by atoms with E-state index in [0.29, 0.717) is 37.5 Å². The van der Waals surface area contributed by atoms with Crippen LogP contribution in [0.3, 0.4) is 0 Å². The molecule has 2 atom stereocenters. The molecule has 2 aliphatic heterocycles. The lowest BCUT2D eigenvalue weighted by Crippen LogP contribution is -2.46. The SMILES string of the molecule is CCC1CC(=O)N(c2cnn3c2CN(C(=O)Cc2ccc(F)c(Cl)c2)[C@@H](C)C3)C1. The summed E-state index contributed by atoms with van der Waals surface area (Å²) >= 11 is 5.85. The summed E-state index contributed by atoms with van der Waals surface area (Å²) in [5.41, 5.74) is 2.37. The van der Waals surface area contributed by atoms with Crippen molar-refractivity contribution >= 4 is 29.1 Å². The van der Waals surface area contributed by atoms with Crippen molar-refractivity contribution in [2.75, 3.05) is 11.4 Å². The maximum Gasteiger partial charge on any atom is 0.227 e. The van der Waals surface area contributed by atoms with Crippen LogP contribution in [-0.2, 0) is 29.1 Å². The number of carbonyl (C=O) groups excluding carboxylic acids is 2. The highest BCUT2D eigenvalue weighted by Gasteiger charge is 2.35. The Balaban J connectivity index is 1.54. The molecule has 0 radical (unpaired) electrons. The molecule has 0 aliphatic carbocycles. The first-order valence-electron chi connectivity index (χ1n) is 9.95. The smallest absolute Gasteiger partial charge is 0.227 e. The van der Waals surface area contributed by atoms with Crippen LogP contribution in [0.15, 0.2) is 24.4 Å². The van der Waals surface area contributed by atoms with Crippen molar-refractivity contribution in [2.45, 2.75) is 52.2 Å². The predicted octanol–water partition coefficient (Wildman–Crippen LogP) is 3.41. The standard InChI is InChI=1S/C21H24ClFN4O2/c1-3-14-7-21(29)26(11-14)18-9-24-27-10-13(2)25(12-19(18)27)20(28)8-15-4-5-17(23)16(22)6-15/h4-6,9,13-14H,3,7-8,10-12H2,1-2H3/t13-,14?/m0/s1. The average molecular weight is 419 g/mol. The number of amides is 2. The zero-order valence-electron chi connectivity index (χ0n) is 16.6. The highest BCUT2D eigenvalue weighted by molar-refractivity contribution is 6.30. The maximum absolute atomic E-state index is 13.4. The molecule has 1 saturated heterocycles. The lowest BCUT2D eigenvalue weighted by atomic mass is 10.1. The van der Waals surface area contributed by atoms with E-state index in [9.17, 15) is 14.0 Å². The van der Waals surface area contributed by atoms with Crippen LogP contribution < -0.4 is 4.90 Å². The lowest BCUT2D eigenvalue weighted by Gasteiger charge is -2.35. The van der Waals surface area contributed by atoms with Crippen molar-refractivity contribution in [3.05, 3.63) is 46.5 Å². The molecule has 2 aromatic rings. The summed E-state index contributed by atoms with van der Waals surface area (Å²) in [6.07, 6.45) is 3.42. The largest absolute Gasteiger partial charge is 0.332 e. The molecule has 2 amide bonds. The fraction of sp³-hybridized carbons (Fsp3) is 0.476. The molecule has 1 aromatic heterocycles. The Kier molecular flexibility index (Phi) is 5.34. The number of nitrogens with zero attached hydrogens (tertiary/aromatic N) is 4. The van der Waals surface area contributed by atoms with E-state index < -0.39 is 5.82 Å². The second-order valence-electron chi connectivity index (χ2n) is 7.94. The van der Waals surface area contributed by atoms with Gasteiger partial charge in [-0.05, 0) is 30.5 Å². The van der Waals surface area contributed by atoms with Gasteiger partial charge in [-0.3, -0.25) is 14.3 Å². The third-order valence-corrected chi connectivity index (χ3v) is 6.24. The number of hydrogen-bond donors (Lipinski definition) is 0. The molecule has 1 fully saturated rings. The van der Waals surface area contributed by atoms with Gasteiger partial charge in [0, 0.05) is 19.0 Å². The number of fused-ring (bicyclic) bond motifs is 1. The molecule has 4 rings (SSSR count). The minimum atomic E-state index is -0.497. The summed E-state index contributed by atoms with van der Waals surface area (Å²) in [6, 6.07) is 4.32. The monoisotopic (exact) mass is 418 g/mol. The number of rotatable bonds is 4. The second kappa shape index (κ2) is 7.78. The van der Waals surface area contributed by atoms with Gasteiger partial charge in [0.25, 0.3) is 0 Å². The highest BCUT2D eigenvalue weighted by atomic mass is 35.5. The molecular weight excluding hydrogens is 395 g/mol. The second-order valence-corrected chi connectivity index (χ2v) is 8.34. The van der Waals surface area contributed by atoms with Crippen LogP contribution in [0.1, 0.15) is 37.9 Å². The topological polar surface area (TPSA) is 58.4 Å². The van der Waals surface area contributed by atoms with Gasteiger partial charge in [0.1, 0.15) is 5.82 Å². The van der Waals surface area contributed by atoms with Gasteiger partial charge in [0.05, 0.1) is 42.1 Å². The van der Waals surface area contributed by atoms with Gasteiger partial charge >= 0.3 is 0 Å². The molecule has 3 heterocycles. The molecule has 0 bridgehead atoms. The first kappa shape index (κ1) is 19.9. The van der Waals surface area contributed by atoms with Gasteiger partial charge in [-0.25, -0.2) is 4.39 Å². The molecule has 1 unspecified atom stereocenters. The fourth-order valence-electron chi connectivity index (χ4n) is 4.16. The number of hydrogen-bond acceptors (Lipinski definition) is 3. The van der Waals surface area contributed by atoms with E-state index >= 15 is 0 Å². The Hall–Kier alpha value is -2.41. The zero-order chi connectivity index (χ0) is 20.7. The van der Waals surface area contributed by atoms with Crippen LogP contribution in [0.25, 0.3) is 0 Å². The lowest BCUT2D eigenvalue weighted by molar-refractivity contribution is -0.134. The number of benzene rings is 1. The minimum Gasteiger partial charge on any atom is -0.332 e. The van der Waals surface area contributed by atoms with Crippen LogP contribution in [-0.4, -0.2) is 39.1 Å². The van der Waals surface area contributed by atoms with Gasteiger partial charge in [0.2, 0.25) is 11.8 Å². The molecule has 6 nitrogen and oxygen atoms in total. The Labute approximate surface area is 174 Å². The van der Waals surface area contributed by atoms with Crippen LogP contribution >= 0.6 is 11.6 Å². The first-order chi connectivity index (χ1) is 13.9. The molecule has 0 spiro atoms. The van der Waals surface area contributed by atoms with E-state index in [0.717, 1.165) is 17.8 Å². The van der Waals surface area contributed by atoms with Crippen LogP contribution in [0, 0.1) is 11.7 Å². The Morgan fingerprint density at radius 3 is 2.83 bits per heavy atom. The molecule has 2 aliphatic rings. The number of carbonyl (C=O) groups is 2. The summed E-state index contributed by atoms with van der Waals surface area (Å²) in [5, 5.41) is 4.48. The summed E-state index contributed by atoms with van der Waals surface area (Å²) < 4.78 is 15.3. The summed E-state index contributed by atoms with van der Waals surface area (Å²) in [6.45, 7) is 5.74. The van der Waals surface area contributed by atoms with Gasteiger partial charge in [0.15, 0.2) is 0 Å². The summed E-state index contributed by atoms with van der Waals surface area (Å²) in [4.78, 5) is 29.1. The first-order valence-corrected chi connectivity index (χ1v) is 10.3. The van der Waals surface area contributed by atoms with E-state index in [1.807, 2.05) is 16.5 Å². The quantitative estimate of drug-likeness (QED) is 0.764. The maximum atomic E-state index is 13.4. The molecular formula is C21H24ClFN4O2. The molecule has 8 heteroatoms. The van der Waals surface area contributed by atoms with E-state index in [2.05, 4.69) is 12.0 Å². The van der Waals surface area contributed by atoms with Crippen LogP contribution in [0.4, 0.5) is 10.1 Å². The molecule has 29 heavy (non-hydrogen) atoms. The van der Waals surface area contributed by atoms with Crippen molar-refractivity contribution in [2.24, 2.45) is 5.92 Å². The Bertz CT molecular complexity index is 960. The molecule has 154 valence electrons. The number of anilines is 1. The highest BCUT2D eigenvalue weighted by Crippen LogP contribution is 2.32. The van der Waals surface area contributed by atoms with Crippen LogP contribution in [0.2, 0.25) is 5.02 Å². The summed E-state index contributed by atoms with van der Waals surface area (Å²) in [5.74, 6) is -0.0761. The van der Waals surface area contributed by atoms with Gasteiger partial charge in [-0.2, -0.15) is 5.10 Å². The molecule has 0 N–H and O–H groups in total. The van der Waals surface area contributed by atoms with E-state index in [4.69, 9.17) is 11.6 Å². The van der Waals surface area contributed by atoms with Crippen molar-refractivity contribution in [3.63, 3.8) is 0 Å². The summed E-state index contributed by atoms with van der Waals surface area (Å²) in [7, 11) is 0. The predicted molar refractivity (Wildman–Crippen MR) is 108 cm³/mol. The van der Waals surface area contributed by atoms with E-state index in [-0.39, 0.29) is 29.3 Å². The number of halogens is 2. The fourth-order valence-corrected chi connectivity index (χ4v) is 4.36. The Morgan fingerprint density at radius 1 is 1.34 bits per heavy atom. The third kappa shape index (κ3) is 3.75. The molecule has 0 saturated carbocycles. The Morgan fingerprint density at radius 2 is 2.14 bits per heavy atom. The van der Waals surface area contributed by atoms with Gasteiger partial charge in [-0.1, -0.05) is 31.0 Å². The van der Waals surface area contributed by atoms with E-state index in [1.165, 1.54) is 12.1 Å². The average Bonchev–Trinajstić information content (AvgIpc) is 3.26. The van der Waals surface area contributed by atoms with Crippen molar-refractivity contribution in [3.8, 4) is 0 Å². The van der Waals surface area contributed by atoms with Crippen molar-refractivity contribution < 1.29 is 14.0 Å². The zero-order valence-corrected chi connectivity index (χ0v) is 17.3. The van der Waals surface area contributed by atoms with Gasteiger partial charge in [-0.15, -0.1) is 0 Å². The van der Waals surface area contributed by atoms with Crippen molar-refractivity contribution in [1.29, 1.82) is 0 Å².